The van der Waals surface area contributed by atoms with E-state index in [2.05, 4.69) is 0 Å². The average molecular weight is 402 g/mol. The molecule has 4 nitrogen and oxygen atoms in total. The molecule has 2 aliphatic rings. The maximum atomic E-state index is 15.1. The lowest BCUT2D eigenvalue weighted by atomic mass is 9.84. The second-order valence-electron chi connectivity index (χ2n) is 7.63. The van der Waals surface area contributed by atoms with Crippen LogP contribution in [0.2, 0.25) is 0 Å². The van der Waals surface area contributed by atoms with E-state index in [4.69, 9.17) is 4.74 Å². The SMILES string of the molecule is CC1CC(O)(c2cccc(Sc3ccc4c(c3F)CCC(=O)N4C)c2)CCO1. The Morgan fingerprint density at radius 2 is 2.11 bits per heavy atom. The number of hydrogen-bond donors (Lipinski definition) is 1. The number of aliphatic hydroxyl groups is 1. The topological polar surface area (TPSA) is 49.8 Å². The first-order valence-electron chi connectivity index (χ1n) is 9.58. The first kappa shape index (κ1) is 19.4. The lowest BCUT2D eigenvalue weighted by molar-refractivity contribution is -0.118. The molecule has 1 amide bonds. The first-order valence-corrected chi connectivity index (χ1v) is 10.4. The maximum absolute atomic E-state index is 15.1. The zero-order valence-electron chi connectivity index (χ0n) is 16.1. The summed E-state index contributed by atoms with van der Waals surface area (Å²) >= 11 is 1.35. The summed E-state index contributed by atoms with van der Waals surface area (Å²) in [5.74, 6) is -0.246. The molecular weight excluding hydrogens is 377 g/mol. The van der Waals surface area contributed by atoms with Gasteiger partial charge in [0, 0.05) is 47.4 Å². The fourth-order valence-electron chi connectivity index (χ4n) is 4.06. The molecule has 148 valence electrons. The van der Waals surface area contributed by atoms with Gasteiger partial charge in [-0.1, -0.05) is 23.9 Å². The monoisotopic (exact) mass is 401 g/mol. The van der Waals surface area contributed by atoms with E-state index < -0.39 is 5.60 Å². The van der Waals surface area contributed by atoms with E-state index in [1.165, 1.54) is 16.7 Å². The molecule has 0 aromatic heterocycles. The van der Waals surface area contributed by atoms with Crippen molar-refractivity contribution in [2.24, 2.45) is 0 Å². The minimum absolute atomic E-state index is 0.00727. The molecule has 6 heteroatoms. The Kier molecular flexibility index (Phi) is 5.21. The van der Waals surface area contributed by atoms with Crippen LogP contribution in [-0.2, 0) is 21.6 Å². The van der Waals surface area contributed by atoms with Crippen LogP contribution in [0.1, 0.15) is 37.3 Å². The fourth-order valence-corrected chi connectivity index (χ4v) is 4.99. The highest BCUT2D eigenvalue weighted by molar-refractivity contribution is 7.99. The Bertz CT molecular complexity index is 919. The van der Waals surface area contributed by atoms with Gasteiger partial charge in [-0.15, -0.1) is 0 Å². The third-order valence-electron chi connectivity index (χ3n) is 5.65. The van der Waals surface area contributed by atoms with Gasteiger partial charge in [-0.25, -0.2) is 4.39 Å². The standard InChI is InChI=1S/C22H24FNO3S/c1-14-13-22(26,10-11-27-14)15-4-3-5-16(12-15)28-19-8-7-18-17(21(19)23)6-9-20(25)24(18)2/h3-5,7-8,12,14,26H,6,9-11,13H2,1-2H3. The van der Waals surface area contributed by atoms with Crippen LogP contribution >= 0.6 is 11.8 Å². The van der Waals surface area contributed by atoms with Crippen molar-refractivity contribution in [3.8, 4) is 0 Å². The van der Waals surface area contributed by atoms with Crippen LogP contribution in [0.15, 0.2) is 46.2 Å². The molecule has 0 saturated carbocycles. The Morgan fingerprint density at radius 1 is 1.29 bits per heavy atom. The molecule has 0 bridgehead atoms. The van der Waals surface area contributed by atoms with Crippen molar-refractivity contribution < 1.29 is 19.0 Å². The molecule has 2 aromatic rings. The number of hydrogen-bond acceptors (Lipinski definition) is 4. The van der Waals surface area contributed by atoms with Crippen molar-refractivity contribution in [1.29, 1.82) is 0 Å². The number of anilines is 1. The zero-order valence-corrected chi connectivity index (χ0v) is 16.9. The van der Waals surface area contributed by atoms with E-state index in [1.54, 1.807) is 13.1 Å². The van der Waals surface area contributed by atoms with Crippen LogP contribution < -0.4 is 4.90 Å². The number of ether oxygens (including phenoxy) is 1. The van der Waals surface area contributed by atoms with Gasteiger partial charge in [-0.2, -0.15) is 0 Å². The van der Waals surface area contributed by atoms with E-state index in [-0.39, 0.29) is 17.8 Å². The average Bonchev–Trinajstić information content (AvgIpc) is 2.67. The quantitative estimate of drug-likeness (QED) is 0.834. The molecule has 2 atom stereocenters. The summed E-state index contributed by atoms with van der Waals surface area (Å²) in [5, 5.41) is 11.1. The van der Waals surface area contributed by atoms with Crippen molar-refractivity contribution in [2.75, 3.05) is 18.6 Å². The van der Waals surface area contributed by atoms with Crippen LogP contribution in [0.3, 0.4) is 0 Å². The third-order valence-corrected chi connectivity index (χ3v) is 6.67. The number of nitrogens with zero attached hydrogens (tertiary/aromatic N) is 1. The minimum Gasteiger partial charge on any atom is -0.385 e. The van der Waals surface area contributed by atoms with Gasteiger partial charge in [0.25, 0.3) is 0 Å². The summed E-state index contributed by atoms with van der Waals surface area (Å²) in [6, 6.07) is 11.2. The molecular formula is C22H24FNO3S. The smallest absolute Gasteiger partial charge is 0.227 e. The lowest BCUT2D eigenvalue weighted by Crippen LogP contribution is -2.37. The third kappa shape index (κ3) is 3.56. The van der Waals surface area contributed by atoms with Gasteiger partial charge in [0.1, 0.15) is 5.82 Å². The van der Waals surface area contributed by atoms with E-state index in [0.717, 1.165) is 10.5 Å². The molecule has 2 aromatic carbocycles. The van der Waals surface area contributed by atoms with Gasteiger partial charge in [-0.05, 0) is 43.2 Å². The molecule has 2 unspecified atom stereocenters. The van der Waals surface area contributed by atoms with Gasteiger partial charge >= 0.3 is 0 Å². The molecule has 4 rings (SSSR count). The molecule has 1 fully saturated rings. The predicted molar refractivity (Wildman–Crippen MR) is 107 cm³/mol. The van der Waals surface area contributed by atoms with Crippen LogP contribution in [0, 0.1) is 5.82 Å². The van der Waals surface area contributed by atoms with Crippen molar-refractivity contribution in [1.82, 2.24) is 0 Å². The van der Waals surface area contributed by atoms with Crippen molar-refractivity contribution >= 4 is 23.4 Å². The number of benzene rings is 2. The Balaban J connectivity index is 1.61. The van der Waals surface area contributed by atoms with Crippen LogP contribution in [0.5, 0.6) is 0 Å². The Morgan fingerprint density at radius 3 is 2.89 bits per heavy atom. The summed E-state index contributed by atoms with van der Waals surface area (Å²) in [6.07, 6.45) is 1.87. The number of carbonyl (C=O) groups excluding carboxylic acids is 1. The molecule has 1 N–H and O–H groups in total. The van der Waals surface area contributed by atoms with Crippen LogP contribution in [-0.4, -0.2) is 30.8 Å². The van der Waals surface area contributed by atoms with E-state index in [0.29, 0.717) is 48.4 Å². The van der Waals surface area contributed by atoms with E-state index >= 15 is 4.39 Å². The lowest BCUT2D eigenvalue weighted by Gasteiger charge is -2.36. The highest BCUT2D eigenvalue weighted by Crippen LogP contribution is 2.40. The number of amides is 1. The van der Waals surface area contributed by atoms with Gasteiger partial charge in [0.05, 0.1) is 18.3 Å². The second kappa shape index (κ2) is 7.50. The molecule has 0 spiro atoms. The fraction of sp³-hybridized carbons (Fsp3) is 0.409. The number of fused-ring (bicyclic) bond motifs is 1. The van der Waals surface area contributed by atoms with Gasteiger partial charge in [0.2, 0.25) is 5.91 Å². The van der Waals surface area contributed by atoms with Gasteiger partial charge in [-0.3, -0.25) is 4.79 Å². The van der Waals surface area contributed by atoms with Crippen LogP contribution in [0.25, 0.3) is 0 Å². The molecule has 28 heavy (non-hydrogen) atoms. The van der Waals surface area contributed by atoms with Crippen molar-refractivity contribution in [2.45, 2.75) is 54.1 Å². The highest BCUT2D eigenvalue weighted by Gasteiger charge is 2.35. The van der Waals surface area contributed by atoms with E-state index in [1.807, 2.05) is 37.3 Å². The van der Waals surface area contributed by atoms with E-state index in [9.17, 15) is 9.90 Å². The number of rotatable bonds is 3. The summed E-state index contributed by atoms with van der Waals surface area (Å²) in [7, 11) is 1.69. The first-order chi connectivity index (χ1) is 13.4. The molecule has 2 heterocycles. The minimum atomic E-state index is -0.911. The van der Waals surface area contributed by atoms with Gasteiger partial charge < -0.3 is 14.7 Å². The Labute approximate surface area is 168 Å². The summed E-state index contributed by atoms with van der Waals surface area (Å²) in [4.78, 5) is 14.8. The number of halogens is 1. The van der Waals surface area contributed by atoms with Gasteiger partial charge in [0.15, 0.2) is 0 Å². The van der Waals surface area contributed by atoms with Crippen molar-refractivity contribution in [3.63, 3.8) is 0 Å². The summed E-state index contributed by atoms with van der Waals surface area (Å²) in [6.45, 7) is 2.49. The molecule has 2 aliphatic heterocycles. The predicted octanol–water partition coefficient (Wildman–Crippen LogP) is 4.27. The zero-order chi connectivity index (χ0) is 19.9. The normalized spacial score (nSPS) is 24.9. The maximum Gasteiger partial charge on any atom is 0.227 e. The van der Waals surface area contributed by atoms with Crippen LogP contribution in [0.4, 0.5) is 10.1 Å². The van der Waals surface area contributed by atoms with Crippen molar-refractivity contribution in [3.05, 3.63) is 53.3 Å². The Hall–Kier alpha value is -1.89. The highest BCUT2D eigenvalue weighted by atomic mass is 32.2. The molecule has 0 aliphatic carbocycles. The number of carbonyl (C=O) groups is 1. The summed E-state index contributed by atoms with van der Waals surface area (Å²) in [5.41, 5.74) is 1.18. The molecule has 0 radical (unpaired) electrons. The molecule has 1 saturated heterocycles. The second-order valence-corrected chi connectivity index (χ2v) is 8.74. The summed E-state index contributed by atoms with van der Waals surface area (Å²) < 4.78 is 20.7. The largest absolute Gasteiger partial charge is 0.385 e.